The van der Waals surface area contributed by atoms with E-state index >= 15 is 0 Å². The number of hydrogen-bond acceptors (Lipinski definition) is 2. The zero-order chi connectivity index (χ0) is 14.9. The molecule has 0 saturated heterocycles. The Morgan fingerprint density at radius 2 is 2.10 bits per heavy atom. The van der Waals surface area contributed by atoms with E-state index in [4.69, 9.17) is 23.2 Å². The minimum absolute atomic E-state index is 0.00750. The van der Waals surface area contributed by atoms with Crippen LogP contribution in [0.15, 0.2) is 18.2 Å². The van der Waals surface area contributed by atoms with E-state index < -0.39 is 11.9 Å². The van der Waals surface area contributed by atoms with E-state index in [-0.39, 0.29) is 5.02 Å². The van der Waals surface area contributed by atoms with Crippen LogP contribution >= 0.6 is 23.2 Å². The summed E-state index contributed by atoms with van der Waals surface area (Å²) in [6.07, 6.45) is 0.209. The van der Waals surface area contributed by atoms with Crippen LogP contribution in [0.25, 0.3) is 0 Å². The molecule has 0 saturated carbocycles. The third kappa shape index (κ3) is 2.97. The molecule has 1 N–H and O–H groups in total. The number of aryl methyl sites for hydroxylation is 2. The van der Waals surface area contributed by atoms with Gasteiger partial charge in [-0.1, -0.05) is 36.2 Å². The fourth-order valence-corrected chi connectivity index (χ4v) is 2.62. The Bertz CT molecular complexity index is 628. The van der Waals surface area contributed by atoms with Crippen molar-refractivity contribution in [1.29, 1.82) is 0 Å². The van der Waals surface area contributed by atoms with Crippen LogP contribution in [-0.4, -0.2) is 14.9 Å². The molecule has 1 unspecified atom stereocenters. The van der Waals surface area contributed by atoms with Crippen molar-refractivity contribution < 1.29 is 9.50 Å². The first-order valence-corrected chi connectivity index (χ1v) is 7.02. The molecule has 20 heavy (non-hydrogen) atoms. The number of aromatic nitrogens is 2. The highest BCUT2D eigenvalue weighted by molar-refractivity contribution is 6.32. The summed E-state index contributed by atoms with van der Waals surface area (Å²) in [6, 6.07) is 4.17. The molecule has 0 aliphatic heterocycles. The average molecular weight is 317 g/mol. The minimum atomic E-state index is -0.814. The van der Waals surface area contributed by atoms with Crippen molar-refractivity contribution in [3.63, 3.8) is 0 Å². The van der Waals surface area contributed by atoms with Gasteiger partial charge < -0.3 is 5.11 Å². The van der Waals surface area contributed by atoms with Gasteiger partial charge in [0, 0.05) is 13.5 Å². The molecule has 0 amide bonds. The summed E-state index contributed by atoms with van der Waals surface area (Å²) in [4.78, 5) is 0. The van der Waals surface area contributed by atoms with E-state index in [0.717, 1.165) is 17.8 Å². The number of aliphatic hydroxyl groups is 1. The Kier molecular flexibility index (Phi) is 4.68. The van der Waals surface area contributed by atoms with Gasteiger partial charge in [0.15, 0.2) is 0 Å². The van der Waals surface area contributed by atoms with Crippen LogP contribution in [0.1, 0.15) is 30.0 Å². The van der Waals surface area contributed by atoms with Crippen molar-refractivity contribution in [2.24, 2.45) is 7.05 Å². The molecule has 0 aliphatic rings. The first kappa shape index (κ1) is 15.3. The maximum absolute atomic E-state index is 13.1. The van der Waals surface area contributed by atoms with E-state index in [1.54, 1.807) is 11.7 Å². The van der Waals surface area contributed by atoms with Crippen LogP contribution in [0.3, 0.4) is 0 Å². The van der Waals surface area contributed by atoms with Crippen LogP contribution < -0.4 is 0 Å². The van der Waals surface area contributed by atoms with E-state index in [2.05, 4.69) is 5.10 Å². The predicted molar refractivity (Wildman–Crippen MR) is 77.7 cm³/mol. The lowest BCUT2D eigenvalue weighted by atomic mass is 10.0. The molecule has 0 aliphatic carbocycles. The van der Waals surface area contributed by atoms with Crippen molar-refractivity contribution in [3.05, 3.63) is 51.0 Å². The van der Waals surface area contributed by atoms with Crippen LogP contribution in [-0.2, 0) is 19.9 Å². The Morgan fingerprint density at radius 3 is 2.65 bits per heavy atom. The number of nitrogens with zero attached hydrogens (tertiary/aromatic N) is 2. The Hall–Kier alpha value is -1.10. The number of benzene rings is 1. The molecule has 2 rings (SSSR count). The molecule has 6 heteroatoms. The summed E-state index contributed by atoms with van der Waals surface area (Å²) in [5.41, 5.74) is 2.09. The van der Waals surface area contributed by atoms with E-state index in [1.807, 2.05) is 6.92 Å². The molecular formula is C14H15Cl2FN2O. The van der Waals surface area contributed by atoms with Gasteiger partial charge in [-0.3, -0.25) is 4.68 Å². The second-order valence-corrected chi connectivity index (χ2v) is 5.36. The normalized spacial score (nSPS) is 12.7. The topological polar surface area (TPSA) is 38.0 Å². The summed E-state index contributed by atoms with van der Waals surface area (Å²) in [7, 11) is 1.78. The molecule has 1 aromatic heterocycles. The van der Waals surface area contributed by atoms with Crippen LogP contribution in [0, 0.1) is 5.82 Å². The van der Waals surface area contributed by atoms with Crippen molar-refractivity contribution >= 4 is 23.2 Å². The van der Waals surface area contributed by atoms with Gasteiger partial charge in [0.05, 0.1) is 27.5 Å². The molecule has 1 aromatic carbocycles. The molecule has 0 radical (unpaired) electrons. The monoisotopic (exact) mass is 316 g/mol. The number of hydrogen-bond donors (Lipinski definition) is 1. The lowest BCUT2D eigenvalue weighted by Crippen LogP contribution is -2.07. The zero-order valence-electron chi connectivity index (χ0n) is 11.2. The summed E-state index contributed by atoms with van der Waals surface area (Å²) in [6.45, 7) is 1.97. The lowest BCUT2D eigenvalue weighted by molar-refractivity contribution is 0.175. The Labute approximate surface area is 126 Å². The highest BCUT2D eigenvalue weighted by Crippen LogP contribution is 2.28. The Balaban J connectivity index is 2.25. The molecule has 2 aromatic rings. The largest absolute Gasteiger partial charge is 0.388 e. The fraction of sp³-hybridized carbons (Fsp3) is 0.357. The van der Waals surface area contributed by atoms with Crippen molar-refractivity contribution in [2.75, 3.05) is 0 Å². The molecule has 3 nitrogen and oxygen atoms in total. The minimum Gasteiger partial charge on any atom is -0.388 e. The third-order valence-corrected chi connectivity index (χ3v) is 3.94. The van der Waals surface area contributed by atoms with Gasteiger partial charge in [0.25, 0.3) is 0 Å². The van der Waals surface area contributed by atoms with Crippen LogP contribution in [0.5, 0.6) is 0 Å². The van der Waals surface area contributed by atoms with Crippen LogP contribution in [0.2, 0.25) is 10.0 Å². The standard InChI is InChI=1S/C14H15Cl2FN2O/c1-3-11-14(16)12(19(2)18-11)7-13(20)8-4-5-10(17)9(15)6-8/h4-6,13,20H,3,7H2,1-2H3. The Morgan fingerprint density at radius 1 is 1.40 bits per heavy atom. The van der Waals surface area contributed by atoms with Gasteiger partial charge in [-0.15, -0.1) is 0 Å². The lowest BCUT2D eigenvalue weighted by Gasteiger charge is -2.12. The molecule has 1 atom stereocenters. The molecular weight excluding hydrogens is 302 g/mol. The SMILES string of the molecule is CCc1nn(C)c(CC(O)c2ccc(F)c(Cl)c2)c1Cl. The van der Waals surface area contributed by atoms with E-state index in [9.17, 15) is 9.50 Å². The van der Waals surface area contributed by atoms with Gasteiger partial charge in [-0.2, -0.15) is 5.10 Å². The van der Waals surface area contributed by atoms with Crippen molar-refractivity contribution in [1.82, 2.24) is 9.78 Å². The molecule has 0 fully saturated rings. The quantitative estimate of drug-likeness (QED) is 0.933. The highest BCUT2D eigenvalue weighted by Gasteiger charge is 2.18. The predicted octanol–water partition coefficient (Wildman–Crippen LogP) is 3.70. The molecule has 0 spiro atoms. The smallest absolute Gasteiger partial charge is 0.141 e. The second kappa shape index (κ2) is 6.12. The number of rotatable bonds is 4. The number of halogens is 3. The van der Waals surface area contributed by atoms with E-state index in [1.165, 1.54) is 18.2 Å². The second-order valence-electron chi connectivity index (χ2n) is 4.58. The third-order valence-electron chi connectivity index (χ3n) is 3.22. The van der Waals surface area contributed by atoms with Gasteiger partial charge in [-0.05, 0) is 24.1 Å². The molecule has 108 valence electrons. The molecule has 1 heterocycles. The van der Waals surface area contributed by atoms with Gasteiger partial charge >= 0.3 is 0 Å². The summed E-state index contributed by atoms with van der Waals surface area (Å²) < 4.78 is 14.8. The molecule has 0 bridgehead atoms. The maximum atomic E-state index is 13.1. The van der Waals surface area contributed by atoms with Gasteiger partial charge in [0.1, 0.15) is 5.82 Å². The van der Waals surface area contributed by atoms with E-state index in [0.29, 0.717) is 17.0 Å². The highest BCUT2D eigenvalue weighted by atomic mass is 35.5. The van der Waals surface area contributed by atoms with Crippen LogP contribution in [0.4, 0.5) is 4.39 Å². The van der Waals surface area contributed by atoms with Crippen molar-refractivity contribution in [3.8, 4) is 0 Å². The zero-order valence-corrected chi connectivity index (χ0v) is 12.7. The summed E-state index contributed by atoms with van der Waals surface area (Å²) in [5, 5.41) is 15.1. The maximum Gasteiger partial charge on any atom is 0.141 e. The first-order valence-electron chi connectivity index (χ1n) is 6.27. The van der Waals surface area contributed by atoms with Crippen molar-refractivity contribution in [2.45, 2.75) is 25.9 Å². The first-order chi connectivity index (χ1) is 9.43. The van der Waals surface area contributed by atoms with Gasteiger partial charge in [-0.25, -0.2) is 4.39 Å². The van der Waals surface area contributed by atoms with Gasteiger partial charge in [0.2, 0.25) is 0 Å². The average Bonchev–Trinajstić information content (AvgIpc) is 2.69. The fourth-order valence-electron chi connectivity index (χ4n) is 2.06. The number of aliphatic hydroxyl groups excluding tert-OH is 1. The summed E-state index contributed by atoms with van der Waals surface area (Å²) >= 11 is 12.0. The summed E-state index contributed by atoms with van der Waals surface area (Å²) in [5.74, 6) is -0.505.